The number of fused-ring (bicyclic) bond motifs is 1. The predicted molar refractivity (Wildman–Crippen MR) is 144 cm³/mol. The van der Waals surface area contributed by atoms with Crippen LogP contribution in [0.4, 0.5) is 22.0 Å². The Hall–Kier alpha value is -2.56. The van der Waals surface area contributed by atoms with Gasteiger partial charge in [0.05, 0.1) is 11.7 Å². The van der Waals surface area contributed by atoms with Crippen LogP contribution in [0, 0.1) is 11.6 Å². The Bertz CT molecular complexity index is 1330. The molecule has 1 aromatic heterocycles. The van der Waals surface area contributed by atoms with Crippen LogP contribution in [0.2, 0.25) is 18.1 Å². The Balaban J connectivity index is 1.42. The third-order valence-corrected chi connectivity index (χ3v) is 12.5. The zero-order chi connectivity index (χ0) is 28.8. The highest BCUT2D eigenvalue weighted by molar-refractivity contribution is 6.74. The Morgan fingerprint density at radius 3 is 2.36 bits per heavy atom. The molecule has 1 aliphatic carbocycles. The summed E-state index contributed by atoms with van der Waals surface area (Å²) in [5.41, 5.74) is -0.0643. The lowest BCUT2D eigenvalue weighted by atomic mass is 9.88. The molecule has 0 aliphatic heterocycles. The second kappa shape index (κ2) is 10.8. The van der Waals surface area contributed by atoms with E-state index in [-0.39, 0.29) is 41.4 Å². The third-order valence-electron chi connectivity index (χ3n) is 7.95. The fraction of sp³-hybridized carbons (Fsp3) is 0.483. The van der Waals surface area contributed by atoms with Gasteiger partial charge in [-0.1, -0.05) is 20.8 Å². The molecule has 1 fully saturated rings. The topological polar surface area (TPSA) is 43.4 Å². The summed E-state index contributed by atoms with van der Waals surface area (Å²) in [6.45, 7) is 13.0. The van der Waals surface area contributed by atoms with Crippen LogP contribution in [0.15, 0.2) is 42.7 Å². The molecule has 0 radical (unpaired) electrons. The Morgan fingerprint density at radius 1 is 1.03 bits per heavy atom. The van der Waals surface area contributed by atoms with Gasteiger partial charge in [-0.2, -0.15) is 13.2 Å². The summed E-state index contributed by atoms with van der Waals surface area (Å²) < 4.78 is 80.1. The molecule has 1 aliphatic rings. The largest absolute Gasteiger partial charge is 0.490 e. The second-order valence-electron chi connectivity index (χ2n) is 11.8. The standard InChI is InChI=1S/C29H35F5N2O2Si/c1-17(38-39(5,6)28(2,3)4)22-14-27(31)24(21-9-10-35-15-23(21)22)16-36-18-11-20(12-18)37-19-7-8-26(30)25(13-19)29(32,33)34/h7-10,13-15,17-18,20,36H,11-12,16H2,1-6H3. The number of ether oxygens (including phenoxy) is 1. The molecule has 0 spiro atoms. The van der Waals surface area contributed by atoms with E-state index in [1.165, 1.54) is 12.1 Å². The van der Waals surface area contributed by atoms with Crippen molar-refractivity contribution < 1.29 is 31.1 Å². The van der Waals surface area contributed by atoms with E-state index in [1.54, 1.807) is 18.5 Å². The minimum Gasteiger partial charge on any atom is -0.490 e. The van der Waals surface area contributed by atoms with E-state index < -0.39 is 25.9 Å². The zero-order valence-corrected chi connectivity index (χ0v) is 24.0. The van der Waals surface area contributed by atoms with Crippen LogP contribution < -0.4 is 10.1 Å². The van der Waals surface area contributed by atoms with Crippen molar-refractivity contribution in [2.24, 2.45) is 0 Å². The van der Waals surface area contributed by atoms with Crippen molar-refractivity contribution in [1.82, 2.24) is 10.3 Å². The number of nitrogens with one attached hydrogen (secondary N) is 1. The van der Waals surface area contributed by atoms with Crippen molar-refractivity contribution in [1.29, 1.82) is 0 Å². The van der Waals surface area contributed by atoms with Crippen molar-refractivity contribution in [3.05, 3.63) is 71.1 Å². The molecule has 212 valence electrons. The monoisotopic (exact) mass is 566 g/mol. The average molecular weight is 567 g/mol. The molecule has 10 heteroatoms. The molecule has 4 rings (SSSR count). The van der Waals surface area contributed by atoms with Gasteiger partial charge in [-0.05, 0) is 79.2 Å². The van der Waals surface area contributed by atoms with E-state index >= 15 is 4.39 Å². The molecule has 2 aromatic carbocycles. The molecule has 0 amide bonds. The van der Waals surface area contributed by atoms with Crippen LogP contribution in [0.25, 0.3) is 10.8 Å². The number of aromatic nitrogens is 1. The fourth-order valence-corrected chi connectivity index (χ4v) is 5.94. The molecule has 1 N–H and O–H groups in total. The highest BCUT2D eigenvalue weighted by atomic mass is 28.4. The number of rotatable bonds is 8. The first-order chi connectivity index (χ1) is 18.1. The minimum absolute atomic E-state index is 0.00865. The number of nitrogens with zero attached hydrogens (tertiary/aromatic N) is 1. The van der Waals surface area contributed by atoms with E-state index in [0.717, 1.165) is 22.4 Å². The highest BCUT2D eigenvalue weighted by Crippen LogP contribution is 2.41. The molecular formula is C29H35F5N2O2Si. The maximum absolute atomic E-state index is 15.5. The van der Waals surface area contributed by atoms with Gasteiger partial charge in [0.15, 0.2) is 8.32 Å². The number of pyridine rings is 1. The van der Waals surface area contributed by atoms with Crippen molar-refractivity contribution in [2.75, 3.05) is 0 Å². The Morgan fingerprint density at radius 2 is 1.72 bits per heavy atom. The predicted octanol–water partition coefficient (Wildman–Crippen LogP) is 8.31. The van der Waals surface area contributed by atoms with Gasteiger partial charge in [0, 0.05) is 35.9 Å². The van der Waals surface area contributed by atoms with Gasteiger partial charge in [-0.15, -0.1) is 0 Å². The van der Waals surface area contributed by atoms with Crippen LogP contribution in [0.3, 0.4) is 0 Å². The average Bonchev–Trinajstić information content (AvgIpc) is 2.80. The van der Waals surface area contributed by atoms with Crippen LogP contribution in [-0.2, 0) is 17.1 Å². The molecular weight excluding hydrogens is 531 g/mol. The van der Waals surface area contributed by atoms with Crippen LogP contribution in [0.1, 0.15) is 63.3 Å². The molecule has 3 aromatic rings. The summed E-state index contributed by atoms with van der Waals surface area (Å²) in [4.78, 5) is 4.27. The first kappa shape index (κ1) is 29.4. The van der Waals surface area contributed by atoms with Crippen molar-refractivity contribution in [3.8, 4) is 5.75 Å². The summed E-state index contributed by atoms with van der Waals surface area (Å²) >= 11 is 0. The molecule has 39 heavy (non-hydrogen) atoms. The number of alkyl halides is 3. The fourth-order valence-electron chi connectivity index (χ4n) is 4.58. The van der Waals surface area contributed by atoms with Crippen molar-refractivity contribution >= 4 is 19.1 Å². The third kappa shape index (κ3) is 6.44. The maximum Gasteiger partial charge on any atom is 0.419 e. The van der Waals surface area contributed by atoms with Gasteiger partial charge in [-0.25, -0.2) is 8.78 Å². The number of hydrogen-bond acceptors (Lipinski definition) is 4. The molecule has 0 bridgehead atoms. The van der Waals surface area contributed by atoms with Gasteiger partial charge in [0.1, 0.15) is 23.5 Å². The lowest BCUT2D eigenvalue weighted by Crippen LogP contribution is -2.46. The Kier molecular flexibility index (Phi) is 8.13. The van der Waals surface area contributed by atoms with Gasteiger partial charge >= 0.3 is 6.18 Å². The van der Waals surface area contributed by atoms with Crippen LogP contribution in [0.5, 0.6) is 5.75 Å². The zero-order valence-electron chi connectivity index (χ0n) is 23.0. The van der Waals surface area contributed by atoms with E-state index in [2.05, 4.69) is 44.2 Å². The van der Waals surface area contributed by atoms with E-state index in [4.69, 9.17) is 9.16 Å². The summed E-state index contributed by atoms with van der Waals surface area (Å²) in [5, 5.41) is 4.95. The molecule has 1 atom stereocenters. The lowest BCUT2D eigenvalue weighted by Gasteiger charge is -2.39. The first-order valence-electron chi connectivity index (χ1n) is 13.1. The van der Waals surface area contributed by atoms with E-state index in [1.807, 2.05) is 6.92 Å². The minimum atomic E-state index is -4.79. The summed E-state index contributed by atoms with van der Waals surface area (Å²) in [6, 6.07) is 5.99. The smallest absolute Gasteiger partial charge is 0.419 e. The molecule has 4 nitrogen and oxygen atoms in total. The van der Waals surface area contributed by atoms with Gasteiger partial charge in [0.2, 0.25) is 0 Å². The molecule has 0 saturated heterocycles. The summed E-state index contributed by atoms with van der Waals surface area (Å²) in [6.07, 6.45) is -0.952. The SMILES string of the molecule is CC(O[Si](C)(C)C(C)(C)C)c1cc(F)c(CNC2CC(Oc3ccc(F)c(C(F)(F)F)c3)C2)c2ccncc12. The van der Waals surface area contributed by atoms with Crippen LogP contribution >= 0.6 is 0 Å². The quantitative estimate of drug-likeness (QED) is 0.220. The normalized spacial score (nSPS) is 19.2. The number of halogens is 5. The summed E-state index contributed by atoms with van der Waals surface area (Å²) in [7, 11) is -2.09. The molecule has 1 heterocycles. The molecule has 1 unspecified atom stereocenters. The van der Waals surface area contributed by atoms with E-state index in [0.29, 0.717) is 24.5 Å². The second-order valence-corrected chi connectivity index (χ2v) is 16.6. The number of benzene rings is 2. The van der Waals surface area contributed by atoms with Gasteiger partial charge in [-0.3, -0.25) is 4.98 Å². The van der Waals surface area contributed by atoms with E-state index in [9.17, 15) is 17.6 Å². The van der Waals surface area contributed by atoms with Crippen LogP contribution in [-0.4, -0.2) is 25.4 Å². The summed E-state index contributed by atoms with van der Waals surface area (Å²) in [5.74, 6) is -1.69. The van der Waals surface area contributed by atoms with Crippen molar-refractivity contribution in [2.45, 2.75) is 89.6 Å². The lowest BCUT2D eigenvalue weighted by molar-refractivity contribution is -0.140. The number of hydrogen-bond donors (Lipinski definition) is 1. The highest BCUT2D eigenvalue weighted by Gasteiger charge is 2.39. The molecule has 1 saturated carbocycles. The first-order valence-corrected chi connectivity index (χ1v) is 16.0. The van der Waals surface area contributed by atoms with Gasteiger partial charge < -0.3 is 14.5 Å². The van der Waals surface area contributed by atoms with Crippen molar-refractivity contribution in [3.63, 3.8) is 0 Å². The van der Waals surface area contributed by atoms with Gasteiger partial charge in [0.25, 0.3) is 0 Å². The Labute approximate surface area is 227 Å². The maximum atomic E-state index is 15.5.